The number of rotatable bonds is 2. The van der Waals surface area contributed by atoms with Crippen molar-refractivity contribution in [3.8, 4) is 0 Å². The van der Waals surface area contributed by atoms with E-state index in [4.69, 9.17) is 11.6 Å². The zero-order valence-electron chi connectivity index (χ0n) is 9.20. The van der Waals surface area contributed by atoms with Crippen molar-refractivity contribution in [1.29, 1.82) is 0 Å². The predicted octanol–water partition coefficient (Wildman–Crippen LogP) is 4.10. The van der Waals surface area contributed by atoms with E-state index in [1.807, 2.05) is 37.4 Å². The van der Waals surface area contributed by atoms with Crippen LogP contribution in [0.15, 0.2) is 29.6 Å². The lowest BCUT2D eigenvalue weighted by atomic mass is 10.0. The molecular weight excluding hydrogens is 240 g/mol. The molecule has 1 N–H and O–H groups in total. The molecule has 84 valence electrons. The molecule has 1 atom stereocenters. The van der Waals surface area contributed by atoms with Gasteiger partial charge in [-0.1, -0.05) is 35.4 Å². The summed E-state index contributed by atoms with van der Waals surface area (Å²) in [4.78, 5) is 0.886. The Kier molecular flexibility index (Phi) is 3.33. The van der Waals surface area contributed by atoms with Gasteiger partial charge in [-0.25, -0.2) is 0 Å². The molecule has 0 aliphatic heterocycles. The molecule has 1 aromatic heterocycles. The molecule has 1 unspecified atom stereocenters. The van der Waals surface area contributed by atoms with Crippen molar-refractivity contribution in [3.63, 3.8) is 0 Å². The smallest absolute Gasteiger partial charge is 0.113 e. The van der Waals surface area contributed by atoms with E-state index >= 15 is 0 Å². The Balaban J connectivity index is 2.37. The van der Waals surface area contributed by atoms with Crippen LogP contribution in [0.5, 0.6) is 0 Å². The highest BCUT2D eigenvalue weighted by atomic mass is 35.5. The molecule has 1 aromatic carbocycles. The average molecular weight is 253 g/mol. The van der Waals surface area contributed by atoms with Crippen LogP contribution in [0.4, 0.5) is 0 Å². The molecule has 3 heteroatoms. The van der Waals surface area contributed by atoms with Gasteiger partial charge in [0.2, 0.25) is 0 Å². The fraction of sp³-hybridized carbons (Fsp3) is 0.231. The van der Waals surface area contributed by atoms with Gasteiger partial charge in [0.15, 0.2) is 0 Å². The minimum absolute atomic E-state index is 0.571. The zero-order valence-corrected chi connectivity index (χ0v) is 10.8. The van der Waals surface area contributed by atoms with Gasteiger partial charge in [-0.3, -0.25) is 0 Å². The van der Waals surface area contributed by atoms with Gasteiger partial charge in [0.25, 0.3) is 0 Å². The van der Waals surface area contributed by atoms with Gasteiger partial charge >= 0.3 is 0 Å². The standard InChI is InChI=1S/C13H13ClOS/c1-8-3-4-11(9(2)5-8)13(15)12-6-10(14)7-16-12/h3-7,13,15H,1-2H3. The largest absolute Gasteiger partial charge is 0.383 e. The molecule has 0 aliphatic carbocycles. The first-order valence-corrected chi connectivity index (χ1v) is 6.33. The molecule has 0 amide bonds. The molecule has 1 nitrogen and oxygen atoms in total. The summed E-state index contributed by atoms with van der Waals surface area (Å²) in [5.41, 5.74) is 3.26. The fourth-order valence-corrected chi connectivity index (χ4v) is 2.84. The number of halogens is 1. The summed E-state index contributed by atoms with van der Waals surface area (Å²) in [7, 11) is 0. The van der Waals surface area contributed by atoms with Crippen LogP contribution in [0.1, 0.15) is 27.7 Å². The molecular formula is C13H13ClOS. The molecule has 0 spiro atoms. The van der Waals surface area contributed by atoms with Crippen molar-refractivity contribution in [1.82, 2.24) is 0 Å². The van der Waals surface area contributed by atoms with Gasteiger partial charge in [0, 0.05) is 10.3 Å². The number of aliphatic hydroxyl groups excluding tert-OH is 1. The molecule has 0 aliphatic rings. The van der Waals surface area contributed by atoms with E-state index in [-0.39, 0.29) is 0 Å². The molecule has 2 aromatic rings. The third kappa shape index (κ3) is 2.29. The second kappa shape index (κ2) is 4.58. The fourth-order valence-electron chi connectivity index (χ4n) is 1.76. The molecule has 2 rings (SSSR count). The van der Waals surface area contributed by atoms with Crippen LogP contribution in [-0.2, 0) is 0 Å². The van der Waals surface area contributed by atoms with Crippen molar-refractivity contribution < 1.29 is 5.11 Å². The number of hydrogen-bond acceptors (Lipinski definition) is 2. The predicted molar refractivity (Wildman–Crippen MR) is 69.3 cm³/mol. The van der Waals surface area contributed by atoms with Crippen LogP contribution in [0.3, 0.4) is 0 Å². The lowest BCUT2D eigenvalue weighted by Gasteiger charge is -2.12. The maximum atomic E-state index is 10.2. The monoisotopic (exact) mass is 252 g/mol. The normalized spacial score (nSPS) is 12.8. The Morgan fingerprint density at radius 2 is 2.00 bits per heavy atom. The highest BCUT2D eigenvalue weighted by molar-refractivity contribution is 7.10. The average Bonchev–Trinajstić information content (AvgIpc) is 2.64. The minimum Gasteiger partial charge on any atom is -0.383 e. The van der Waals surface area contributed by atoms with E-state index in [0.29, 0.717) is 5.02 Å². The Morgan fingerprint density at radius 3 is 2.56 bits per heavy atom. The first-order chi connectivity index (χ1) is 7.58. The van der Waals surface area contributed by atoms with E-state index in [0.717, 1.165) is 16.0 Å². The van der Waals surface area contributed by atoms with E-state index < -0.39 is 6.10 Å². The quantitative estimate of drug-likeness (QED) is 0.853. The SMILES string of the molecule is Cc1ccc(C(O)c2cc(Cl)cs2)c(C)c1. The summed E-state index contributed by atoms with van der Waals surface area (Å²) in [5, 5.41) is 12.7. The van der Waals surface area contributed by atoms with Crippen LogP contribution in [0.2, 0.25) is 5.02 Å². The van der Waals surface area contributed by atoms with Gasteiger partial charge in [-0.05, 0) is 31.0 Å². The third-order valence-electron chi connectivity index (χ3n) is 2.58. The summed E-state index contributed by atoms with van der Waals surface area (Å²) >= 11 is 7.34. The lowest BCUT2D eigenvalue weighted by molar-refractivity contribution is 0.223. The Morgan fingerprint density at radius 1 is 1.25 bits per heavy atom. The zero-order chi connectivity index (χ0) is 11.7. The van der Waals surface area contributed by atoms with Crippen molar-refractivity contribution in [2.45, 2.75) is 20.0 Å². The number of hydrogen-bond donors (Lipinski definition) is 1. The molecule has 0 bridgehead atoms. The highest BCUT2D eigenvalue weighted by Gasteiger charge is 2.14. The van der Waals surface area contributed by atoms with E-state index in [9.17, 15) is 5.11 Å². The lowest BCUT2D eigenvalue weighted by Crippen LogP contribution is -1.99. The Bertz CT molecular complexity index is 504. The van der Waals surface area contributed by atoms with E-state index in [1.165, 1.54) is 16.9 Å². The second-order valence-electron chi connectivity index (χ2n) is 3.93. The van der Waals surface area contributed by atoms with Crippen LogP contribution in [0, 0.1) is 13.8 Å². The molecule has 1 heterocycles. The number of thiophene rings is 1. The van der Waals surface area contributed by atoms with Gasteiger partial charge in [0.05, 0.1) is 5.02 Å². The van der Waals surface area contributed by atoms with Crippen LogP contribution in [-0.4, -0.2) is 5.11 Å². The van der Waals surface area contributed by atoms with E-state index in [2.05, 4.69) is 6.07 Å². The van der Waals surface area contributed by atoms with Crippen molar-refractivity contribution >= 4 is 22.9 Å². The topological polar surface area (TPSA) is 20.2 Å². The third-order valence-corrected chi connectivity index (χ3v) is 3.91. The highest BCUT2D eigenvalue weighted by Crippen LogP contribution is 2.31. The molecule has 16 heavy (non-hydrogen) atoms. The minimum atomic E-state index is -0.571. The number of aryl methyl sites for hydroxylation is 2. The van der Waals surface area contributed by atoms with Crippen LogP contribution >= 0.6 is 22.9 Å². The Labute approximate surface area is 104 Å². The molecule has 0 fully saturated rings. The molecule has 0 radical (unpaired) electrons. The summed E-state index contributed by atoms with van der Waals surface area (Å²) in [5.74, 6) is 0. The maximum absolute atomic E-state index is 10.2. The van der Waals surface area contributed by atoms with Crippen molar-refractivity contribution in [2.24, 2.45) is 0 Å². The van der Waals surface area contributed by atoms with E-state index in [1.54, 1.807) is 0 Å². The van der Waals surface area contributed by atoms with Crippen LogP contribution in [0.25, 0.3) is 0 Å². The Hall–Kier alpha value is -0.830. The van der Waals surface area contributed by atoms with Crippen molar-refractivity contribution in [3.05, 3.63) is 56.2 Å². The summed E-state index contributed by atoms with van der Waals surface area (Å²) < 4.78 is 0. The van der Waals surface area contributed by atoms with Crippen LogP contribution < -0.4 is 0 Å². The maximum Gasteiger partial charge on any atom is 0.113 e. The number of aliphatic hydroxyl groups is 1. The first-order valence-electron chi connectivity index (χ1n) is 5.07. The molecule has 0 saturated heterocycles. The van der Waals surface area contributed by atoms with Gasteiger partial charge in [-0.15, -0.1) is 11.3 Å². The summed E-state index contributed by atoms with van der Waals surface area (Å²) in [6.07, 6.45) is -0.571. The van der Waals surface area contributed by atoms with Crippen molar-refractivity contribution in [2.75, 3.05) is 0 Å². The first kappa shape index (κ1) is 11.6. The molecule has 0 saturated carbocycles. The number of benzene rings is 1. The van der Waals surface area contributed by atoms with Gasteiger partial charge in [0.1, 0.15) is 6.10 Å². The summed E-state index contributed by atoms with van der Waals surface area (Å²) in [6, 6.07) is 7.88. The second-order valence-corrected chi connectivity index (χ2v) is 5.31. The summed E-state index contributed by atoms with van der Waals surface area (Å²) in [6.45, 7) is 4.06. The van der Waals surface area contributed by atoms with Gasteiger partial charge < -0.3 is 5.11 Å². The van der Waals surface area contributed by atoms with Gasteiger partial charge in [-0.2, -0.15) is 0 Å².